The van der Waals surface area contributed by atoms with Crippen molar-refractivity contribution in [3.05, 3.63) is 51.3 Å². The first-order valence-corrected chi connectivity index (χ1v) is 8.33. The van der Waals surface area contributed by atoms with Crippen molar-refractivity contribution in [3.63, 3.8) is 0 Å². The molecule has 0 amide bonds. The predicted molar refractivity (Wildman–Crippen MR) is 91.2 cm³/mol. The van der Waals surface area contributed by atoms with Crippen molar-refractivity contribution in [1.29, 1.82) is 0 Å². The van der Waals surface area contributed by atoms with E-state index in [2.05, 4.69) is 37.8 Å². The van der Waals surface area contributed by atoms with Gasteiger partial charge in [-0.05, 0) is 33.3 Å². The maximum Gasteiger partial charge on any atom is 0.272 e. The molecule has 1 aliphatic heterocycles. The Morgan fingerprint density at radius 3 is 2.83 bits per heavy atom. The quantitative estimate of drug-likeness (QED) is 0.793. The molecule has 7 nitrogen and oxygen atoms in total. The Bertz CT molecular complexity index is 950. The van der Waals surface area contributed by atoms with Crippen molar-refractivity contribution < 1.29 is 0 Å². The monoisotopic (exact) mass is 326 g/mol. The van der Waals surface area contributed by atoms with Crippen molar-refractivity contribution in [3.8, 4) is 0 Å². The molecule has 1 aliphatic rings. The number of nitrogens with zero attached hydrogens (tertiary/aromatic N) is 5. The van der Waals surface area contributed by atoms with Crippen LogP contribution in [-0.2, 0) is 6.54 Å². The molecule has 1 saturated heterocycles. The van der Waals surface area contributed by atoms with Crippen LogP contribution in [0.3, 0.4) is 0 Å². The van der Waals surface area contributed by atoms with E-state index in [0.717, 1.165) is 36.6 Å². The minimum absolute atomic E-state index is 0.0580. The van der Waals surface area contributed by atoms with Gasteiger partial charge in [-0.2, -0.15) is 5.10 Å². The zero-order chi connectivity index (χ0) is 16.8. The Morgan fingerprint density at radius 2 is 2.08 bits per heavy atom. The van der Waals surface area contributed by atoms with Gasteiger partial charge < -0.3 is 0 Å². The second kappa shape index (κ2) is 5.59. The maximum absolute atomic E-state index is 12.2. The van der Waals surface area contributed by atoms with Crippen molar-refractivity contribution in [2.24, 2.45) is 0 Å². The summed E-state index contributed by atoms with van der Waals surface area (Å²) < 4.78 is 3.62. The third-order valence-corrected chi connectivity index (χ3v) is 4.66. The van der Waals surface area contributed by atoms with Gasteiger partial charge in [-0.3, -0.25) is 19.5 Å². The maximum atomic E-state index is 12.2. The molecule has 1 fully saturated rings. The van der Waals surface area contributed by atoms with Crippen LogP contribution in [0.15, 0.2) is 23.0 Å². The summed E-state index contributed by atoms with van der Waals surface area (Å²) in [4.78, 5) is 19.1. The van der Waals surface area contributed by atoms with E-state index in [0.29, 0.717) is 18.2 Å². The van der Waals surface area contributed by atoms with Crippen LogP contribution in [0.5, 0.6) is 0 Å². The molecule has 0 saturated carbocycles. The molecule has 1 atom stereocenters. The molecule has 0 unspecified atom stereocenters. The molecule has 126 valence electrons. The topological polar surface area (TPSA) is 71.2 Å². The van der Waals surface area contributed by atoms with Crippen molar-refractivity contribution in [2.45, 2.75) is 39.8 Å². The van der Waals surface area contributed by atoms with Crippen LogP contribution in [-0.4, -0.2) is 42.4 Å². The van der Waals surface area contributed by atoms with Gasteiger partial charge in [-0.15, -0.1) is 0 Å². The Kier molecular flexibility index (Phi) is 3.53. The van der Waals surface area contributed by atoms with E-state index in [-0.39, 0.29) is 5.56 Å². The standard InChI is InChI=1S/C17H22N6O/c1-11-6-13(3)22(19-11)15-4-5-21(10-15)9-14-8-17(24)23-16(18-14)7-12(2)20-23/h6-8,15,20H,4-5,9-10H2,1-3H3/t15-/m1/s1. The van der Waals surface area contributed by atoms with Crippen LogP contribution in [0.1, 0.15) is 35.2 Å². The van der Waals surface area contributed by atoms with Gasteiger partial charge in [-0.25, -0.2) is 9.50 Å². The predicted octanol–water partition coefficient (Wildman–Crippen LogP) is 1.59. The molecule has 0 aliphatic carbocycles. The molecule has 0 spiro atoms. The van der Waals surface area contributed by atoms with Gasteiger partial charge in [0.05, 0.1) is 17.4 Å². The zero-order valence-electron chi connectivity index (χ0n) is 14.3. The van der Waals surface area contributed by atoms with E-state index in [1.165, 1.54) is 10.2 Å². The highest BCUT2D eigenvalue weighted by molar-refractivity contribution is 5.39. The van der Waals surface area contributed by atoms with E-state index in [1.54, 1.807) is 6.07 Å². The summed E-state index contributed by atoms with van der Waals surface area (Å²) in [5.41, 5.74) is 4.66. The van der Waals surface area contributed by atoms with Crippen LogP contribution in [0.2, 0.25) is 0 Å². The summed E-state index contributed by atoms with van der Waals surface area (Å²) in [6, 6.07) is 6.04. The van der Waals surface area contributed by atoms with Gasteiger partial charge in [0.15, 0.2) is 5.65 Å². The lowest BCUT2D eigenvalue weighted by Crippen LogP contribution is -2.24. The Hall–Kier alpha value is -2.41. The second-order valence-electron chi connectivity index (χ2n) is 6.77. The van der Waals surface area contributed by atoms with Gasteiger partial charge in [0.25, 0.3) is 5.56 Å². The number of fused-ring (bicyclic) bond motifs is 1. The van der Waals surface area contributed by atoms with Gasteiger partial charge in [0.2, 0.25) is 0 Å². The molecule has 24 heavy (non-hydrogen) atoms. The van der Waals surface area contributed by atoms with E-state index in [9.17, 15) is 4.79 Å². The number of rotatable bonds is 3. The van der Waals surface area contributed by atoms with E-state index >= 15 is 0 Å². The van der Waals surface area contributed by atoms with Crippen LogP contribution in [0.4, 0.5) is 0 Å². The lowest BCUT2D eigenvalue weighted by Gasteiger charge is -2.16. The Balaban J connectivity index is 1.52. The fourth-order valence-corrected chi connectivity index (χ4v) is 3.64. The molecule has 0 radical (unpaired) electrons. The molecule has 3 aromatic rings. The van der Waals surface area contributed by atoms with Crippen LogP contribution in [0, 0.1) is 20.8 Å². The third-order valence-electron chi connectivity index (χ3n) is 4.66. The highest BCUT2D eigenvalue weighted by atomic mass is 16.1. The van der Waals surface area contributed by atoms with E-state index in [1.807, 2.05) is 19.9 Å². The van der Waals surface area contributed by atoms with Gasteiger partial charge in [0.1, 0.15) is 0 Å². The summed E-state index contributed by atoms with van der Waals surface area (Å²) in [5.74, 6) is 0. The summed E-state index contributed by atoms with van der Waals surface area (Å²) in [5, 5.41) is 7.61. The fourth-order valence-electron chi connectivity index (χ4n) is 3.64. The third kappa shape index (κ3) is 2.65. The smallest absolute Gasteiger partial charge is 0.272 e. The minimum Gasteiger partial charge on any atom is -0.295 e. The summed E-state index contributed by atoms with van der Waals surface area (Å²) in [7, 11) is 0. The largest absolute Gasteiger partial charge is 0.295 e. The van der Waals surface area contributed by atoms with Crippen molar-refractivity contribution in [2.75, 3.05) is 13.1 Å². The first-order chi connectivity index (χ1) is 11.5. The Morgan fingerprint density at radius 1 is 1.25 bits per heavy atom. The average Bonchev–Trinajstić information content (AvgIpc) is 3.18. The van der Waals surface area contributed by atoms with E-state index < -0.39 is 0 Å². The summed E-state index contributed by atoms with van der Waals surface area (Å²) in [6.45, 7) is 8.69. The number of aromatic amines is 1. The Labute approximate surface area is 139 Å². The lowest BCUT2D eigenvalue weighted by atomic mass is 10.2. The molecule has 3 aromatic heterocycles. The van der Waals surface area contributed by atoms with Crippen LogP contribution < -0.4 is 5.56 Å². The zero-order valence-corrected chi connectivity index (χ0v) is 14.3. The molecule has 4 rings (SSSR count). The fraction of sp³-hybridized carbons (Fsp3) is 0.471. The first kappa shape index (κ1) is 15.1. The minimum atomic E-state index is -0.0580. The number of nitrogens with one attached hydrogen (secondary N) is 1. The second-order valence-corrected chi connectivity index (χ2v) is 6.77. The summed E-state index contributed by atoms with van der Waals surface area (Å²) >= 11 is 0. The normalized spacial score (nSPS) is 18.7. The van der Waals surface area contributed by atoms with Crippen molar-refractivity contribution >= 4 is 5.65 Å². The number of hydrogen-bond acceptors (Lipinski definition) is 4. The average molecular weight is 326 g/mol. The van der Waals surface area contributed by atoms with Gasteiger partial charge in [0, 0.05) is 43.2 Å². The molecule has 0 aromatic carbocycles. The SMILES string of the molecule is Cc1cc(C)n([C@@H]2CCN(Cc3cc(=O)n4[nH]c(C)cc4n3)C2)n1. The van der Waals surface area contributed by atoms with Gasteiger partial charge >= 0.3 is 0 Å². The lowest BCUT2D eigenvalue weighted by molar-refractivity contribution is 0.307. The number of likely N-dealkylation sites (tertiary alicyclic amines) is 1. The van der Waals surface area contributed by atoms with Gasteiger partial charge in [-0.1, -0.05) is 0 Å². The molecule has 1 N–H and O–H groups in total. The molecular formula is C17H22N6O. The first-order valence-electron chi connectivity index (χ1n) is 8.33. The number of H-pyrrole nitrogens is 1. The van der Waals surface area contributed by atoms with Crippen LogP contribution >= 0.6 is 0 Å². The number of aryl methyl sites for hydroxylation is 3. The highest BCUT2D eigenvalue weighted by Crippen LogP contribution is 2.24. The highest BCUT2D eigenvalue weighted by Gasteiger charge is 2.26. The van der Waals surface area contributed by atoms with E-state index in [4.69, 9.17) is 0 Å². The number of hydrogen-bond donors (Lipinski definition) is 1. The number of aromatic nitrogens is 5. The molecular weight excluding hydrogens is 304 g/mol. The van der Waals surface area contributed by atoms with Crippen molar-refractivity contribution in [1.82, 2.24) is 29.3 Å². The van der Waals surface area contributed by atoms with Crippen LogP contribution in [0.25, 0.3) is 5.65 Å². The summed E-state index contributed by atoms with van der Waals surface area (Å²) in [6.07, 6.45) is 1.08. The molecule has 4 heterocycles. The molecule has 0 bridgehead atoms. The molecule has 7 heteroatoms.